The summed E-state index contributed by atoms with van der Waals surface area (Å²) in [6, 6.07) is 7.82. The average Bonchev–Trinajstić information content (AvgIpc) is 3.40. The first kappa shape index (κ1) is 31.0. The second-order valence-corrected chi connectivity index (χ2v) is 10.4. The van der Waals surface area contributed by atoms with E-state index < -0.39 is 50.9 Å². The number of nitrogen functional groups attached to an aromatic ring is 1. The number of phenols is 1. The monoisotopic (exact) mass is 582 g/mol. The number of rotatable bonds is 9. The van der Waals surface area contributed by atoms with Crippen molar-refractivity contribution in [2.24, 2.45) is 0 Å². The van der Waals surface area contributed by atoms with Gasteiger partial charge >= 0.3 is 14.1 Å². The van der Waals surface area contributed by atoms with Crippen LogP contribution in [0.1, 0.15) is 33.9 Å². The van der Waals surface area contributed by atoms with E-state index >= 15 is 4.39 Å². The van der Waals surface area contributed by atoms with Gasteiger partial charge in [0.25, 0.3) is 0 Å². The Labute approximate surface area is 231 Å². The number of benzene rings is 1. The van der Waals surface area contributed by atoms with E-state index in [0.29, 0.717) is 17.1 Å². The van der Waals surface area contributed by atoms with Gasteiger partial charge in [0.05, 0.1) is 12.4 Å². The molecule has 3 heterocycles. The van der Waals surface area contributed by atoms with Crippen molar-refractivity contribution in [1.29, 1.82) is 0 Å². The SMILES string of the molecule is CNc1nc(N)nc2c1ncn2[C@@H]1O[C@H](CO[P+](=O)N[C@@H](C)C(=O)OC(C)C)[C@@H](O)[C@@]1(C)F.Oc1ccccc1. The largest absolute Gasteiger partial charge is 0.613 e. The van der Waals surface area contributed by atoms with Crippen LogP contribution in [0.3, 0.4) is 0 Å². The second kappa shape index (κ2) is 13.2. The summed E-state index contributed by atoms with van der Waals surface area (Å²) in [6.07, 6.45) is -3.12. The first-order valence-corrected chi connectivity index (χ1v) is 13.5. The third kappa shape index (κ3) is 7.37. The van der Waals surface area contributed by atoms with E-state index in [1.54, 1.807) is 45.2 Å². The molecule has 0 amide bonds. The van der Waals surface area contributed by atoms with Crippen LogP contribution in [0.2, 0.25) is 0 Å². The Morgan fingerprint density at radius 1 is 1.30 bits per heavy atom. The summed E-state index contributed by atoms with van der Waals surface area (Å²) in [7, 11) is -0.895. The first-order chi connectivity index (χ1) is 18.8. The fraction of sp³-hybridized carbons (Fsp3) is 0.500. The predicted molar refractivity (Wildman–Crippen MR) is 144 cm³/mol. The van der Waals surface area contributed by atoms with E-state index in [4.69, 9.17) is 24.8 Å². The molecule has 218 valence electrons. The summed E-state index contributed by atoms with van der Waals surface area (Å²) in [4.78, 5) is 24.2. The number of ether oxygens (including phenoxy) is 2. The van der Waals surface area contributed by atoms with E-state index in [9.17, 15) is 14.5 Å². The number of phenolic OH excluding ortho intramolecular Hbond substituents is 1. The maximum Gasteiger partial charge on any atom is 0.613 e. The van der Waals surface area contributed by atoms with Crippen molar-refractivity contribution >= 4 is 37.1 Å². The number of aliphatic hydroxyl groups is 1. The molecule has 6 atom stereocenters. The van der Waals surface area contributed by atoms with Gasteiger partial charge < -0.3 is 30.7 Å². The number of aromatic hydroxyl groups is 1. The first-order valence-electron chi connectivity index (χ1n) is 12.4. The smallest absolute Gasteiger partial charge is 0.508 e. The molecule has 4 rings (SSSR count). The number of nitrogens with two attached hydrogens (primary N) is 1. The molecule has 0 saturated carbocycles. The zero-order chi connectivity index (χ0) is 29.6. The van der Waals surface area contributed by atoms with Crippen molar-refractivity contribution in [2.45, 2.75) is 63.9 Å². The number of imidazole rings is 1. The van der Waals surface area contributed by atoms with E-state index in [2.05, 4.69) is 25.4 Å². The molecule has 1 unspecified atom stereocenters. The highest BCUT2D eigenvalue weighted by Crippen LogP contribution is 2.43. The van der Waals surface area contributed by atoms with Gasteiger partial charge in [-0.15, -0.1) is 4.52 Å². The Morgan fingerprint density at radius 3 is 2.55 bits per heavy atom. The lowest BCUT2D eigenvalue weighted by atomic mass is 9.98. The Kier molecular flexibility index (Phi) is 10.3. The molecule has 3 aromatic rings. The molecule has 0 radical (unpaired) electrons. The van der Waals surface area contributed by atoms with Crippen molar-refractivity contribution in [1.82, 2.24) is 24.6 Å². The molecule has 1 fully saturated rings. The van der Waals surface area contributed by atoms with Gasteiger partial charge in [-0.2, -0.15) is 9.97 Å². The molecular weight excluding hydrogens is 548 g/mol. The summed E-state index contributed by atoms with van der Waals surface area (Å²) < 4.78 is 44.9. The van der Waals surface area contributed by atoms with Crippen LogP contribution in [0, 0.1) is 0 Å². The van der Waals surface area contributed by atoms with Crippen LogP contribution in [-0.2, 0) is 23.4 Å². The van der Waals surface area contributed by atoms with Crippen molar-refractivity contribution in [3.05, 3.63) is 36.7 Å². The molecule has 1 aromatic carbocycles. The Bertz CT molecular complexity index is 1310. The molecule has 2 aromatic heterocycles. The van der Waals surface area contributed by atoms with Crippen LogP contribution >= 0.6 is 8.18 Å². The number of alkyl halides is 1. The average molecular weight is 583 g/mol. The molecule has 0 bridgehead atoms. The number of hydrogen-bond donors (Lipinski definition) is 5. The minimum atomic E-state index is -2.52. The maximum atomic E-state index is 15.5. The number of hydrogen-bond acceptors (Lipinski definition) is 12. The second-order valence-electron chi connectivity index (χ2n) is 9.35. The molecule has 16 heteroatoms. The normalized spacial score (nSPS) is 23.4. The lowest BCUT2D eigenvalue weighted by Crippen LogP contribution is -2.40. The van der Waals surface area contributed by atoms with E-state index in [1.165, 1.54) is 24.7 Å². The summed E-state index contributed by atoms with van der Waals surface area (Å²) in [5.41, 5.74) is 4.02. The predicted octanol–water partition coefficient (Wildman–Crippen LogP) is 2.43. The molecule has 0 spiro atoms. The fourth-order valence-corrected chi connectivity index (χ4v) is 4.56. The van der Waals surface area contributed by atoms with Crippen LogP contribution < -0.4 is 16.1 Å². The summed E-state index contributed by atoms with van der Waals surface area (Å²) in [5.74, 6) is 0.0198. The van der Waals surface area contributed by atoms with Crippen LogP contribution in [0.5, 0.6) is 5.75 Å². The van der Waals surface area contributed by atoms with Gasteiger partial charge in [-0.1, -0.05) is 23.3 Å². The van der Waals surface area contributed by atoms with Crippen LogP contribution in [0.4, 0.5) is 16.2 Å². The minimum Gasteiger partial charge on any atom is -0.508 e. The number of aliphatic hydroxyl groups excluding tert-OH is 1. The Hall–Kier alpha value is -3.49. The van der Waals surface area contributed by atoms with Crippen LogP contribution in [-0.4, -0.2) is 79.4 Å². The third-order valence-electron chi connectivity index (χ3n) is 5.76. The number of nitrogens with zero attached hydrogens (tertiary/aromatic N) is 4. The van der Waals surface area contributed by atoms with Crippen LogP contribution in [0.25, 0.3) is 11.2 Å². The van der Waals surface area contributed by atoms with Crippen molar-refractivity contribution < 1.29 is 38.0 Å². The van der Waals surface area contributed by atoms with Crippen molar-refractivity contribution in [3.63, 3.8) is 0 Å². The van der Waals surface area contributed by atoms with Gasteiger partial charge in [0.1, 0.15) is 30.6 Å². The number of aromatic nitrogens is 4. The summed E-state index contributed by atoms with van der Waals surface area (Å²) in [5, 5.41) is 24.4. The number of carbonyl (C=O) groups excluding carboxylic acids is 1. The zero-order valence-electron chi connectivity index (χ0n) is 22.7. The van der Waals surface area contributed by atoms with Crippen molar-refractivity contribution in [2.75, 3.05) is 24.7 Å². The maximum absolute atomic E-state index is 15.5. The molecule has 1 aliphatic heterocycles. The Morgan fingerprint density at radius 2 is 1.98 bits per heavy atom. The topological polar surface area (TPSA) is 196 Å². The highest BCUT2D eigenvalue weighted by atomic mass is 31.1. The molecule has 14 nitrogen and oxygen atoms in total. The molecule has 40 heavy (non-hydrogen) atoms. The third-order valence-corrected chi connectivity index (χ3v) is 6.74. The van der Waals surface area contributed by atoms with Gasteiger partial charge in [-0.25, -0.2) is 9.37 Å². The fourth-order valence-electron chi connectivity index (χ4n) is 3.78. The highest BCUT2D eigenvalue weighted by Gasteiger charge is 2.56. The van der Waals surface area contributed by atoms with Gasteiger partial charge in [-0.3, -0.25) is 9.36 Å². The number of esters is 1. The standard InChI is InChI=1S/C18H28FN7O6P.C6H6O/c1-8(2)31-15(28)9(3)25-33(29)30-6-10-12(27)18(4,19)16(32-10)26-7-22-11-13(21-5)23-17(20)24-14(11)26;7-6-4-2-1-3-5-6/h7-10,12,16,27H,6H2,1-5H3,(H,25,29)(H3,20,21,23,24);1-5,7H/q+1;/t9-,10+,12+,16+,18+;/m0./s1. The highest BCUT2D eigenvalue weighted by molar-refractivity contribution is 7.36. The van der Waals surface area contributed by atoms with E-state index in [0.717, 1.165) is 0 Å². The zero-order valence-corrected chi connectivity index (χ0v) is 23.6. The lowest BCUT2D eigenvalue weighted by molar-refractivity contribution is -0.149. The van der Waals surface area contributed by atoms with Crippen molar-refractivity contribution in [3.8, 4) is 5.75 Å². The molecule has 1 saturated heterocycles. The summed E-state index contributed by atoms with van der Waals surface area (Å²) >= 11 is 0. The number of fused-ring (bicyclic) bond motifs is 1. The number of nitrogens with one attached hydrogen (secondary N) is 2. The number of para-hydroxylation sites is 1. The van der Waals surface area contributed by atoms with Crippen LogP contribution in [0.15, 0.2) is 36.7 Å². The number of anilines is 2. The number of carbonyl (C=O) groups is 1. The number of halogens is 1. The lowest BCUT2D eigenvalue weighted by Gasteiger charge is -2.24. The van der Waals surface area contributed by atoms with Gasteiger partial charge in [-0.05, 0) is 44.4 Å². The van der Waals surface area contributed by atoms with Gasteiger partial charge in [0, 0.05) is 7.05 Å². The van der Waals surface area contributed by atoms with E-state index in [-0.39, 0.29) is 17.7 Å². The summed E-state index contributed by atoms with van der Waals surface area (Å²) in [6.45, 7) is 5.60. The Balaban J connectivity index is 0.000000547. The minimum absolute atomic E-state index is 0.0548. The van der Waals surface area contributed by atoms with Gasteiger partial charge in [0.15, 0.2) is 28.9 Å². The molecular formula is C24H34FN7O7P+. The van der Waals surface area contributed by atoms with E-state index in [1.807, 2.05) is 6.07 Å². The molecule has 1 aliphatic rings. The molecule has 6 N–H and O–H groups in total. The quantitative estimate of drug-likeness (QED) is 0.182. The molecule has 0 aliphatic carbocycles. The van der Waals surface area contributed by atoms with Gasteiger partial charge in [0.2, 0.25) is 5.95 Å².